The van der Waals surface area contributed by atoms with Crippen molar-refractivity contribution >= 4 is 11.6 Å². The molecule has 17 heavy (non-hydrogen) atoms. The molecule has 1 aromatic rings. The first-order valence-electron chi connectivity index (χ1n) is 5.85. The van der Waals surface area contributed by atoms with Crippen LogP contribution in [0.3, 0.4) is 0 Å². The first kappa shape index (κ1) is 13.5. The summed E-state index contributed by atoms with van der Waals surface area (Å²) < 4.78 is 0.824. The van der Waals surface area contributed by atoms with Gasteiger partial charge in [-0.2, -0.15) is 0 Å². The second kappa shape index (κ2) is 6.21. The van der Waals surface area contributed by atoms with E-state index in [0.29, 0.717) is 6.54 Å². The van der Waals surface area contributed by atoms with E-state index in [1.807, 2.05) is 6.07 Å². The van der Waals surface area contributed by atoms with Crippen LogP contribution in [0.25, 0.3) is 0 Å². The number of amides is 1. The zero-order chi connectivity index (χ0) is 12.7. The number of benzene rings is 1. The third-order valence-electron chi connectivity index (χ3n) is 2.83. The Morgan fingerprint density at radius 3 is 2.59 bits per heavy atom. The van der Waals surface area contributed by atoms with Gasteiger partial charge in [-0.05, 0) is 18.2 Å². The molecular formula is C14H21N2O+. The Kier molecular flexibility index (Phi) is 4.91. The lowest BCUT2D eigenvalue weighted by atomic mass is 10.2. The fourth-order valence-corrected chi connectivity index (χ4v) is 1.72. The highest BCUT2D eigenvalue weighted by atomic mass is 16.1. The Hall–Kier alpha value is -1.61. The topological polar surface area (TPSA) is 29.1 Å². The van der Waals surface area contributed by atoms with Crippen molar-refractivity contribution in [1.29, 1.82) is 0 Å². The minimum absolute atomic E-state index is 0.102. The summed E-state index contributed by atoms with van der Waals surface area (Å²) >= 11 is 0. The number of nitrogens with one attached hydrogen (secondary N) is 1. The van der Waals surface area contributed by atoms with Gasteiger partial charge in [0.15, 0.2) is 0 Å². The fraction of sp³-hybridized carbons (Fsp3) is 0.357. The summed E-state index contributed by atoms with van der Waals surface area (Å²) in [5, 5.41) is 2.79. The van der Waals surface area contributed by atoms with Crippen molar-refractivity contribution in [3.63, 3.8) is 0 Å². The molecule has 0 atom stereocenters. The molecule has 0 spiro atoms. The van der Waals surface area contributed by atoms with Gasteiger partial charge < -0.3 is 5.32 Å². The molecule has 0 aliphatic carbocycles. The molecule has 1 rings (SSSR count). The van der Waals surface area contributed by atoms with Crippen LogP contribution in [0.1, 0.15) is 6.42 Å². The summed E-state index contributed by atoms with van der Waals surface area (Å²) in [7, 11) is 4.34. The van der Waals surface area contributed by atoms with E-state index in [9.17, 15) is 4.79 Å². The maximum Gasteiger partial charge on any atom is 0.243 e. The van der Waals surface area contributed by atoms with Crippen LogP contribution in [0.2, 0.25) is 0 Å². The summed E-state index contributed by atoms with van der Waals surface area (Å²) in [6.45, 7) is 5.10. The first-order chi connectivity index (χ1) is 8.06. The maximum absolute atomic E-state index is 11.0. The normalized spacial score (nSPS) is 10.9. The lowest BCUT2D eigenvalue weighted by Crippen LogP contribution is -2.42. The molecule has 3 heteroatoms. The summed E-state index contributed by atoms with van der Waals surface area (Å²) in [6.07, 6.45) is 2.25. The summed E-state index contributed by atoms with van der Waals surface area (Å²) in [5.74, 6) is -0.102. The van der Waals surface area contributed by atoms with Crippen LogP contribution in [-0.2, 0) is 4.79 Å². The smallest absolute Gasteiger partial charge is 0.243 e. The highest BCUT2D eigenvalue weighted by Gasteiger charge is 2.17. The van der Waals surface area contributed by atoms with Gasteiger partial charge in [-0.25, -0.2) is 0 Å². The predicted molar refractivity (Wildman–Crippen MR) is 72.8 cm³/mol. The van der Waals surface area contributed by atoms with Gasteiger partial charge in [0, 0.05) is 13.0 Å². The number of nitrogens with zero attached hydrogens (tertiary/aromatic N) is 1. The minimum Gasteiger partial charge on any atom is -0.352 e. The highest BCUT2D eigenvalue weighted by Crippen LogP contribution is 2.17. The van der Waals surface area contributed by atoms with Crippen LogP contribution in [0, 0.1) is 0 Å². The van der Waals surface area contributed by atoms with Crippen molar-refractivity contribution < 1.29 is 4.79 Å². The Labute approximate surface area is 103 Å². The number of quaternary nitrogens is 1. The molecule has 0 bridgehead atoms. The molecule has 3 nitrogen and oxygen atoms in total. The van der Waals surface area contributed by atoms with Gasteiger partial charge in [0.1, 0.15) is 5.69 Å². The number of para-hydroxylation sites is 1. The third kappa shape index (κ3) is 4.41. The summed E-state index contributed by atoms with van der Waals surface area (Å²) in [4.78, 5) is 11.0. The molecule has 1 N–H and O–H groups in total. The van der Waals surface area contributed by atoms with Crippen molar-refractivity contribution in [3.05, 3.63) is 43.0 Å². The molecule has 0 saturated heterocycles. The van der Waals surface area contributed by atoms with Gasteiger partial charge in [-0.3, -0.25) is 9.28 Å². The van der Waals surface area contributed by atoms with E-state index >= 15 is 0 Å². The van der Waals surface area contributed by atoms with Crippen molar-refractivity contribution in [2.24, 2.45) is 0 Å². The Morgan fingerprint density at radius 2 is 2.00 bits per heavy atom. The molecule has 1 amide bonds. The molecule has 0 aliphatic heterocycles. The van der Waals surface area contributed by atoms with Crippen molar-refractivity contribution in [1.82, 2.24) is 9.80 Å². The van der Waals surface area contributed by atoms with E-state index in [-0.39, 0.29) is 5.91 Å². The highest BCUT2D eigenvalue weighted by molar-refractivity contribution is 5.86. The van der Waals surface area contributed by atoms with Crippen LogP contribution in [0.15, 0.2) is 43.0 Å². The van der Waals surface area contributed by atoms with Gasteiger partial charge >= 0.3 is 0 Å². The Bertz CT molecular complexity index is 371. The quantitative estimate of drug-likeness (QED) is 0.454. The van der Waals surface area contributed by atoms with E-state index < -0.39 is 0 Å². The number of hydrogen-bond donors (Lipinski definition) is 1. The molecule has 0 aliphatic rings. The van der Waals surface area contributed by atoms with Crippen molar-refractivity contribution in [2.45, 2.75) is 6.42 Å². The van der Waals surface area contributed by atoms with Gasteiger partial charge in [-0.15, -0.1) is 0 Å². The Balaban J connectivity index is 2.40. The predicted octanol–water partition coefficient (Wildman–Crippen LogP) is 1.95. The lowest BCUT2D eigenvalue weighted by molar-refractivity contribution is -0.116. The SMILES string of the molecule is C=CC(=O)NCCC[N+](C)(C)c1ccccc1. The van der Waals surface area contributed by atoms with E-state index in [0.717, 1.165) is 17.4 Å². The standard InChI is InChI=1S/C14H20N2O/c1-4-14(17)15-11-8-12-16(2,3)13-9-6-5-7-10-13/h4-7,9-10H,1,8,11-12H2,2-3H3/p+1. The van der Waals surface area contributed by atoms with Crippen molar-refractivity contribution in [2.75, 3.05) is 27.2 Å². The van der Waals surface area contributed by atoms with Gasteiger partial charge in [0.25, 0.3) is 0 Å². The number of carbonyl (C=O) groups excluding carboxylic acids is 1. The molecular weight excluding hydrogens is 212 g/mol. The average Bonchev–Trinajstić information content (AvgIpc) is 2.35. The first-order valence-corrected chi connectivity index (χ1v) is 5.85. The Morgan fingerprint density at radius 1 is 1.35 bits per heavy atom. The van der Waals surface area contributed by atoms with Crippen LogP contribution >= 0.6 is 0 Å². The van der Waals surface area contributed by atoms with Crippen LogP contribution in [0.4, 0.5) is 5.69 Å². The molecule has 0 unspecified atom stereocenters. The molecule has 1 aromatic carbocycles. The van der Waals surface area contributed by atoms with Gasteiger partial charge in [0.2, 0.25) is 5.91 Å². The number of carbonyl (C=O) groups is 1. The molecule has 0 aromatic heterocycles. The second-order valence-corrected chi connectivity index (χ2v) is 4.59. The van der Waals surface area contributed by atoms with Crippen LogP contribution < -0.4 is 9.80 Å². The van der Waals surface area contributed by atoms with E-state index in [1.54, 1.807) is 0 Å². The summed E-state index contributed by atoms with van der Waals surface area (Å²) in [6, 6.07) is 10.4. The molecule has 0 saturated carbocycles. The number of rotatable bonds is 6. The maximum atomic E-state index is 11.0. The van der Waals surface area contributed by atoms with Crippen LogP contribution in [0.5, 0.6) is 0 Å². The second-order valence-electron chi connectivity index (χ2n) is 4.59. The summed E-state index contributed by atoms with van der Waals surface area (Å²) in [5.41, 5.74) is 1.28. The largest absolute Gasteiger partial charge is 0.352 e. The zero-order valence-electron chi connectivity index (χ0n) is 10.6. The molecule has 92 valence electrons. The monoisotopic (exact) mass is 233 g/mol. The van der Waals surface area contributed by atoms with Crippen LogP contribution in [-0.4, -0.2) is 33.1 Å². The van der Waals surface area contributed by atoms with E-state index in [2.05, 4.69) is 50.3 Å². The molecule has 0 radical (unpaired) electrons. The van der Waals surface area contributed by atoms with Crippen molar-refractivity contribution in [3.8, 4) is 0 Å². The van der Waals surface area contributed by atoms with Gasteiger partial charge in [-0.1, -0.05) is 24.8 Å². The molecule has 0 fully saturated rings. The van der Waals surface area contributed by atoms with E-state index in [1.165, 1.54) is 11.8 Å². The lowest BCUT2D eigenvalue weighted by Gasteiger charge is -2.29. The van der Waals surface area contributed by atoms with Gasteiger partial charge in [0.05, 0.1) is 20.6 Å². The minimum atomic E-state index is -0.102. The molecule has 0 heterocycles. The fourth-order valence-electron chi connectivity index (χ4n) is 1.72. The van der Waals surface area contributed by atoms with E-state index in [4.69, 9.17) is 0 Å². The zero-order valence-corrected chi connectivity index (χ0v) is 10.6. The average molecular weight is 233 g/mol. The number of hydrogen-bond acceptors (Lipinski definition) is 1. The third-order valence-corrected chi connectivity index (χ3v) is 2.83.